The highest BCUT2D eigenvalue weighted by molar-refractivity contribution is 5.68. The third-order valence-corrected chi connectivity index (χ3v) is 8.57. The number of aromatic nitrogens is 5. The molecule has 0 bridgehead atoms. The Morgan fingerprint density at radius 2 is 1.68 bits per heavy atom. The molecule has 0 amide bonds. The molecule has 1 aliphatic heterocycles. The summed E-state index contributed by atoms with van der Waals surface area (Å²) in [5.41, 5.74) is 11.6. The largest absolute Gasteiger partial charge is 0.367 e. The Kier molecular flexibility index (Phi) is 6.55. The number of nitrogen functional groups attached to an aromatic ring is 1. The predicted octanol–water partition coefficient (Wildman–Crippen LogP) is 4.74. The van der Waals surface area contributed by atoms with E-state index in [4.69, 9.17) is 5.73 Å². The number of aryl methyl sites for hydroxylation is 2. The quantitative estimate of drug-likeness (QED) is 0.375. The van der Waals surface area contributed by atoms with E-state index in [1.807, 2.05) is 24.3 Å². The van der Waals surface area contributed by atoms with Gasteiger partial charge in [-0.2, -0.15) is 9.67 Å². The topological polar surface area (TPSA) is 101 Å². The minimum Gasteiger partial charge on any atom is -0.367 e. The van der Waals surface area contributed by atoms with Gasteiger partial charge in [-0.1, -0.05) is 37.1 Å². The van der Waals surface area contributed by atoms with Gasteiger partial charge >= 0.3 is 0 Å². The second-order valence-corrected chi connectivity index (χ2v) is 11.0. The summed E-state index contributed by atoms with van der Waals surface area (Å²) in [5.74, 6) is 0.712. The van der Waals surface area contributed by atoms with Crippen LogP contribution in [0.1, 0.15) is 43.2 Å². The number of halogens is 1. The Balaban J connectivity index is 1.10. The number of hydrogen-bond acceptors (Lipinski definition) is 8. The zero-order valence-electron chi connectivity index (χ0n) is 22.6. The summed E-state index contributed by atoms with van der Waals surface area (Å²) in [4.78, 5) is 9.08. The maximum Gasteiger partial charge on any atom is 0.241 e. The van der Waals surface area contributed by atoms with Crippen molar-refractivity contribution in [1.29, 1.82) is 0 Å². The highest BCUT2D eigenvalue weighted by atomic mass is 19.1. The number of piperazine rings is 1. The molecule has 2 aliphatic carbocycles. The Morgan fingerprint density at radius 3 is 2.50 bits per heavy atom. The summed E-state index contributed by atoms with van der Waals surface area (Å²) in [5, 5.41) is 16.6. The number of benzene rings is 2. The van der Waals surface area contributed by atoms with E-state index in [9.17, 15) is 0 Å². The third-order valence-electron chi connectivity index (χ3n) is 8.57. The first-order valence-electron chi connectivity index (χ1n) is 14.4. The fourth-order valence-corrected chi connectivity index (χ4v) is 6.51. The molecule has 2 fully saturated rings. The van der Waals surface area contributed by atoms with E-state index >= 15 is 4.39 Å². The molecule has 3 aliphatic rings. The normalized spacial score (nSPS) is 17.9. The van der Waals surface area contributed by atoms with Gasteiger partial charge in [0.2, 0.25) is 11.9 Å². The molecule has 1 saturated heterocycles. The first-order chi connectivity index (χ1) is 19.6. The van der Waals surface area contributed by atoms with Crippen LogP contribution in [0.5, 0.6) is 0 Å². The molecule has 0 spiro atoms. The van der Waals surface area contributed by atoms with Crippen molar-refractivity contribution >= 4 is 23.3 Å². The van der Waals surface area contributed by atoms with Gasteiger partial charge in [-0.3, -0.25) is 4.90 Å². The van der Waals surface area contributed by atoms with Crippen molar-refractivity contribution in [2.45, 2.75) is 51.0 Å². The summed E-state index contributed by atoms with van der Waals surface area (Å²) >= 11 is 0. The van der Waals surface area contributed by atoms with Crippen LogP contribution >= 0.6 is 0 Å². The highest BCUT2D eigenvalue weighted by Gasteiger charge is 2.27. The molecule has 10 heteroatoms. The van der Waals surface area contributed by atoms with Gasteiger partial charge in [-0.05, 0) is 67.5 Å². The van der Waals surface area contributed by atoms with Crippen LogP contribution in [0.3, 0.4) is 0 Å². The minimum absolute atomic E-state index is 0.0989. The van der Waals surface area contributed by atoms with Crippen molar-refractivity contribution in [1.82, 2.24) is 29.9 Å². The molecular formula is C30H34FN9. The van der Waals surface area contributed by atoms with Gasteiger partial charge in [-0.15, -0.1) is 15.3 Å². The molecule has 206 valence electrons. The fourth-order valence-electron chi connectivity index (χ4n) is 6.51. The van der Waals surface area contributed by atoms with E-state index in [0.717, 1.165) is 62.3 Å². The molecule has 3 N–H and O–H groups in total. The van der Waals surface area contributed by atoms with Crippen LogP contribution in [0.25, 0.3) is 17.1 Å². The Morgan fingerprint density at radius 1 is 0.875 bits per heavy atom. The van der Waals surface area contributed by atoms with Gasteiger partial charge in [0.25, 0.3) is 0 Å². The molecule has 0 radical (unpaired) electrons. The number of nitrogens with zero attached hydrogens (tertiary/aromatic N) is 7. The summed E-state index contributed by atoms with van der Waals surface area (Å²) in [6.07, 6.45) is 8.19. The molecule has 40 heavy (non-hydrogen) atoms. The Hall–Kier alpha value is -4.05. The maximum atomic E-state index is 15.3. The van der Waals surface area contributed by atoms with E-state index in [1.165, 1.54) is 42.0 Å². The maximum absolute atomic E-state index is 15.3. The lowest BCUT2D eigenvalue weighted by Gasteiger charge is -2.39. The molecule has 1 saturated carbocycles. The van der Waals surface area contributed by atoms with Gasteiger partial charge in [0.1, 0.15) is 5.82 Å². The smallest absolute Gasteiger partial charge is 0.241 e. The summed E-state index contributed by atoms with van der Waals surface area (Å²) in [7, 11) is 0. The third kappa shape index (κ3) is 4.77. The summed E-state index contributed by atoms with van der Waals surface area (Å²) in [6.45, 7) is 3.65. The Labute approximate surface area is 233 Å². The monoisotopic (exact) mass is 539 g/mol. The summed E-state index contributed by atoms with van der Waals surface area (Å²) < 4.78 is 16.9. The second kappa shape index (κ2) is 10.5. The number of hydrogen-bond donors (Lipinski definition) is 2. The molecule has 7 rings (SSSR count). The van der Waals surface area contributed by atoms with Crippen LogP contribution in [0.4, 0.5) is 27.7 Å². The lowest BCUT2D eigenvalue weighted by Crippen LogP contribution is -2.50. The number of nitrogens with two attached hydrogens (primary N) is 1. The minimum atomic E-state index is -0.262. The average molecular weight is 540 g/mol. The molecular weight excluding hydrogens is 505 g/mol. The predicted molar refractivity (Wildman–Crippen MR) is 155 cm³/mol. The van der Waals surface area contributed by atoms with Crippen LogP contribution < -0.4 is 16.0 Å². The lowest BCUT2D eigenvalue weighted by molar-refractivity contribution is 0.187. The van der Waals surface area contributed by atoms with Crippen molar-refractivity contribution < 1.29 is 4.39 Å². The average Bonchev–Trinajstić information content (AvgIpc) is 3.59. The molecule has 0 atom stereocenters. The fraction of sp³-hybridized carbons (Fsp3) is 0.400. The van der Waals surface area contributed by atoms with Crippen molar-refractivity contribution in [3.63, 3.8) is 0 Å². The van der Waals surface area contributed by atoms with Crippen LogP contribution in [0, 0.1) is 5.82 Å². The van der Waals surface area contributed by atoms with E-state index in [-0.39, 0.29) is 11.8 Å². The number of rotatable bonds is 5. The van der Waals surface area contributed by atoms with Crippen LogP contribution in [0.15, 0.2) is 48.5 Å². The second-order valence-electron chi connectivity index (χ2n) is 11.0. The van der Waals surface area contributed by atoms with Gasteiger partial charge in [0.15, 0.2) is 5.82 Å². The van der Waals surface area contributed by atoms with E-state index in [2.05, 4.69) is 53.6 Å². The molecule has 4 aromatic rings. The van der Waals surface area contributed by atoms with Crippen molar-refractivity contribution in [3.8, 4) is 17.1 Å². The van der Waals surface area contributed by atoms with E-state index < -0.39 is 0 Å². The molecule has 2 aromatic heterocycles. The number of fused-ring (bicyclic) bond motifs is 3. The lowest BCUT2D eigenvalue weighted by atomic mass is 10.0. The molecule has 3 heterocycles. The van der Waals surface area contributed by atoms with Gasteiger partial charge in [-0.25, -0.2) is 4.39 Å². The zero-order chi connectivity index (χ0) is 27.1. The van der Waals surface area contributed by atoms with Crippen LogP contribution in [0.2, 0.25) is 0 Å². The molecule has 0 unspecified atom stereocenters. The van der Waals surface area contributed by atoms with Gasteiger partial charge in [0.05, 0.1) is 11.4 Å². The molecule has 2 aromatic carbocycles. The standard InChI is InChI=1S/C30H34FN9/c31-25-19-22(12-13-26(25)39-16-14-38(15-17-39)23-9-2-3-10-23)33-30-34-29(32)37-40(30)27-18-21-8-5-7-20-6-1-4-11-24(20)28(21)36-35-27/h1,4,6,11-13,18-19,23H,2-3,5,7-10,14-17H2,(H3,32,33,34,37). The van der Waals surface area contributed by atoms with Crippen molar-refractivity contribution in [2.24, 2.45) is 0 Å². The van der Waals surface area contributed by atoms with Crippen molar-refractivity contribution in [2.75, 3.05) is 42.1 Å². The van der Waals surface area contributed by atoms with Crippen LogP contribution in [-0.4, -0.2) is 62.1 Å². The number of nitrogens with one attached hydrogen (secondary N) is 1. The van der Waals surface area contributed by atoms with E-state index in [1.54, 1.807) is 0 Å². The molecule has 9 nitrogen and oxygen atoms in total. The zero-order valence-corrected chi connectivity index (χ0v) is 22.6. The first kappa shape index (κ1) is 25.0. The number of anilines is 4. The van der Waals surface area contributed by atoms with Gasteiger partial charge in [0, 0.05) is 43.5 Å². The Bertz CT molecular complexity index is 1520. The van der Waals surface area contributed by atoms with E-state index in [0.29, 0.717) is 29.2 Å². The summed E-state index contributed by atoms with van der Waals surface area (Å²) in [6, 6.07) is 16.3. The van der Waals surface area contributed by atoms with Gasteiger partial charge < -0.3 is 16.0 Å². The first-order valence-corrected chi connectivity index (χ1v) is 14.4. The van der Waals surface area contributed by atoms with Crippen molar-refractivity contribution in [3.05, 3.63) is 65.5 Å². The SMILES string of the molecule is Nc1nc(Nc2ccc(N3CCN(C4CCCC4)CC3)c(F)c2)n(-c2cc3c(nn2)-c2ccccc2CCC3)n1. The van der Waals surface area contributed by atoms with Crippen LogP contribution in [-0.2, 0) is 12.8 Å². The highest BCUT2D eigenvalue weighted by Crippen LogP contribution is 2.32.